The van der Waals surface area contributed by atoms with Crippen LogP contribution in [-0.4, -0.2) is 80.0 Å². The summed E-state index contributed by atoms with van der Waals surface area (Å²) >= 11 is 5.86. The quantitative estimate of drug-likeness (QED) is 0.208. The van der Waals surface area contributed by atoms with Crippen LogP contribution in [-0.2, 0) is 11.8 Å². The van der Waals surface area contributed by atoms with Gasteiger partial charge in [0.05, 0.1) is 24.1 Å². The van der Waals surface area contributed by atoms with Gasteiger partial charge in [0, 0.05) is 10.6 Å². The average molecular weight is 454 g/mol. The van der Waals surface area contributed by atoms with Crippen LogP contribution in [0.15, 0.2) is 48.5 Å². The Morgan fingerprint density at radius 3 is 1.94 bits per heavy atom. The van der Waals surface area contributed by atoms with Crippen molar-refractivity contribution in [3.8, 4) is 0 Å². The fraction of sp³-hybridized carbons (Fsp3) is 0.316. The van der Waals surface area contributed by atoms with Crippen molar-refractivity contribution < 1.29 is 40.9 Å². The predicted octanol–water partition coefficient (Wildman–Crippen LogP) is -1.89. The minimum absolute atomic E-state index is 0.0872. The Balaban J connectivity index is 1.91. The summed E-state index contributed by atoms with van der Waals surface area (Å²) in [5.41, 5.74) is 0.169. The Kier molecular flexibility index (Phi) is 4.92. The van der Waals surface area contributed by atoms with Crippen LogP contribution in [0.2, 0.25) is 5.02 Å². The fourth-order valence-electron chi connectivity index (χ4n) is 3.57. The molecule has 1 aliphatic heterocycles. The van der Waals surface area contributed by atoms with Crippen LogP contribution in [0, 0.1) is 0 Å². The monoisotopic (exact) mass is 453 g/mol. The maximum Gasteiger partial charge on any atom is 0.288 e. The normalized spacial score (nSPS) is 19.3. The first kappa shape index (κ1) is 22.0. The third kappa shape index (κ3) is 3.41. The third-order valence-corrected chi connectivity index (χ3v) is 5.56. The Morgan fingerprint density at radius 1 is 0.806 bits per heavy atom. The second kappa shape index (κ2) is 6.92. The van der Waals surface area contributed by atoms with E-state index in [2.05, 4.69) is 4.98 Å². The van der Waals surface area contributed by atoms with Crippen LogP contribution in [0.4, 0.5) is 0 Å². The predicted molar refractivity (Wildman–Crippen MR) is 105 cm³/mol. The summed E-state index contributed by atoms with van der Waals surface area (Å²) in [6.45, 7) is -2.00. The second-order valence-corrected chi connectivity index (χ2v) is 7.96. The molecule has 2 heterocycles. The van der Waals surface area contributed by atoms with E-state index in [1.54, 1.807) is 12.1 Å². The lowest BCUT2D eigenvalue weighted by Gasteiger charge is -2.34. The molecule has 1 fully saturated rings. The SMILES string of the molecule is OC(O)(c1nc2ccccc2n1C(O)(O)c1ccc(Cl)cc1)N1CC(O)(O)C(O)(O)C1. The van der Waals surface area contributed by atoms with Gasteiger partial charge in [-0.15, -0.1) is 0 Å². The lowest BCUT2D eigenvalue weighted by Crippen LogP contribution is -2.53. The molecule has 0 saturated carbocycles. The molecule has 4 rings (SSSR count). The number of fused-ring (bicyclic) bond motifs is 1. The number of nitrogens with zero attached hydrogens (tertiary/aromatic N) is 3. The summed E-state index contributed by atoms with van der Waals surface area (Å²) in [5, 5.41) is 83.5. The van der Waals surface area contributed by atoms with E-state index >= 15 is 0 Å². The molecule has 31 heavy (non-hydrogen) atoms. The first-order chi connectivity index (χ1) is 14.3. The van der Waals surface area contributed by atoms with Crippen LogP contribution in [0.5, 0.6) is 0 Å². The molecule has 1 aliphatic rings. The summed E-state index contributed by atoms with van der Waals surface area (Å²) in [6, 6.07) is 11.5. The number of benzene rings is 2. The molecule has 0 aliphatic carbocycles. The zero-order chi connectivity index (χ0) is 22.8. The Morgan fingerprint density at radius 2 is 1.35 bits per heavy atom. The minimum Gasteiger partial charge on any atom is -0.360 e. The van der Waals surface area contributed by atoms with Crippen molar-refractivity contribution >= 4 is 22.6 Å². The van der Waals surface area contributed by atoms with E-state index < -0.39 is 42.3 Å². The number of hydrogen-bond donors (Lipinski definition) is 8. The number of aliphatic hydroxyl groups is 8. The molecule has 3 aromatic rings. The molecule has 0 atom stereocenters. The molecule has 2 aromatic carbocycles. The van der Waals surface area contributed by atoms with E-state index in [0.29, 0.717) is 9.92 Å². The summed E-state index contributed by atoms with van der Waals surface area (Å²) in [7, 11) is 0. The first-order valence-electron chi connectivity index (χ1n) is 9.06. The van der Waals surface area contributed by atoms with E-state index in [1.165, 1.54) is 36.4 Å². The van der Waals surface area contributed by atoms with Crippen LogP contribution < -0.4 is 0 Å². The van der Waals surface area contributed by atoms with Gasteiger partial charge in [0.1, 0.15) is 0 Å². The van der Waals surface area contributed by atoms with E-state index in [1.807, 2.05) is 0 Å². The van der Waals surface area contributed by atoms with Gasteiger partial charge in [0.15, 0.2) is 5.82 Å². The highest BCUT2D eigenvalue weighted by Crippen LogP contribution is 2.38. The van der Waals surface area contributed by atoms with Crippen LogP contribution in [0.1, 0.15) is 11.4 Å². The highest BCUT2D eigenvalue weighted by atomic mass is 35.5. The van der Waals surface area contributed by atoms with Gasteiger partial charge >= 0.3 is 0 Å². The number of aromatic nitrogens is 2. The molecule has 0 amide bonds. The number of rotatable bonds is 4. The zero-order valence-corrected chi connectivity index (χ0v) is 16.6. The number of β-amino-alcohol motifs (C(OH)–C–C–N with tert-alkyl or cyclic N) is 4. The van der Waals surface area contributed by atoms with E-state index in [9.17, 15) is 40.9 Å². The Hall–Kier alpha value is -2.16. The highest BCUT2D eigenvalue weighted by Gasteiger charge is 2.61. The van der Waals surface area contributed by atoms with E-state index in [0.717, 1.165) is 4.57 Å². The smallest absolute Gasteiger partial charge is 0.288 e. The molecule has 12 heteroatoms. The maximum atomic E-state index is 11.0. The summed E-state index contributed by atoms with van der Waals surface area (Å²) in [5.74, 6) is -12.9. The standard InChI is InChI=1S/C19H20ClN3O8/c20-12-7-5-11(6-8-12)18(28,29)23-14-4-2-1-3-13(14)21-15(23)19(30,31)22-9-16(24,25)17(26,27)10-22/h1-8,24-31H,9-10H2. The van der Waals surface area contributed by atoms with Crippen LogP contribution >= 0.6 is 11.6 Å². The van der Waals surface area contributed by atoms with Crippen molar-refractivity contribution in [2.45, 2.75) is 23.4 Å². The topological polar surface area (TPSA) is 183 Å². The molecule has 1 saturated heterocycles. The third-order valence-electron chi connectivity index (χ3n) is 5.31. The molecular weight excluding hydrogens is 434 g/mol. The number of para-hydroxylation sites is 2. The largest absolute Gasteiger partial charge is 0.360 e. The first-order valence-corrected chi connectivity index (χ1v) is 9.44. The molecule has 166 valence electrons. The lowest BCUT2D eigenvalue weighted by molar-refractivity contribution is -0.328. The van der Waals surface area contributed by atoms with Gasteiger partial charge in [0.25, 0.3) is 11.8 Å². The number of likely N-dealkylation sites (tertiary alicyclic amines) is 1. The summed E-state index contributed by atoms with van der Waals surface area (Å²) in [6.07, 6.45) is 0. The summed E-state index contributed by atoms with van der Waals surface area (Å²) in [4.78, 5) is 4.60. The Labute approximate surface area is 179 Å². The molecule has 1 aromatic heterocycles. The van der Waals surface area contributed by atoms with Gasteiger partial charge < -0.3 is 40.9 Å². The van der Waals surface area contributed by atoms with Crippen LogP contribution in [0.3, 0.4) is 0 Å². The van der Waals surface area contributed by atoms with Crippen molar-refractivity contribution in [2.24, 2.45) is 0 Å². The molecule has 0 spiro atoms. The van der Waals surface area contributed by atoms with Crippen molar-refractivity contribution in [3.63, 3.8) is 0 Å². The Bertz CT molecular complexity index is 1110. The maximum absolute atomic E-state index is 11.0. The van der Waals surface area contributed by atoms with Crippen molar-refractivity contribution in [1.82, 2.24) is 14.5 Å². The number of halogens is 1. The van der Waals surface area contributed by atoms with Crippen molar-refractivity contribution in [2.75, 3.05) is 13.1 Å². The van der Waals surface area contributed by atoms with Gasteiger partial charge in [-0.25, -0.2) is 9.88 Å². The fourth-order valence-corrected chi connectivity index (χ4v) is 3.70. The van der Waals surface area contributed by atoms with Gasteiger partial charge in [0.2, 0.25) is 11.6 Å². The molecule has 0 bridgehead atoms. The zero-order valence-electron chi connectivity index (χ0n) is 15.8. The average Bonchev–Trinajstić information content (AvgIpc) is 3.18. The van der Waals surface area contributed by atoms with E-state index in [4.69, 9.17) is 11.6 Å². The van der Waals surface area contributed by atoms with E-state index in [-0.39, 0.29) is 16.6 Å². The molecule has 8 N–H and O–H groups in total. The van der Waals surface area contributed by atoms with Crippen molar-refractivity contribution in [3.05, 3.63) is 64.9 Å². The molecule has 11 nitrogen and oxygen atoms in total. The highest BCUT2D eigenvalue weighted by molar-refractivity contribution is 6.30. The second-order valence-electron chi connectivity index (χ2n) is 7.53. The van der Waals surface area contributed by atoms with Crippen LogP contribution in [0.25, 0.3) is 11.0 Å². The number of hydrogen-bond acceptors (Lipinski definition) is 10. The van der Waals surface area contributed by atoms with Gasteiger partial charge in [-0.1, -0.05) is 35.9 Å². The lowest BCUT2D eigenvalue weighted by atomic mass is 10.1. The number of imidazole rings is 1. The van der Waals surface area contributed by atoms with Gasteiger partial charge in [-0.05, 0) is 24.3 Å². The molecular formula is C19H20ClN3O8. The minimum atomic E-state index is -3.17. The molecule has 0 radical (unpaired) electrons. The van der Waals surface area contributed by atoms with Gasteiger partial charge in [-0.2, -0.15) is 0 Å². The summed E-state index contributed by atoms with van der Waals surface area (Å²) < 4.78 is 0.733. The molecule has 0 unspecified atom stereocenters. The van der Waals surface area contributed by atoms with Crippen molar-refractivity contribution in [1.29, 1.82) is 0 Å². The van der Waals surface area contributed by atoms with Gasteiger partial charge in [-0.3, -0.25) is 4.57 Å².